The van der Waals surface area contributed by atoms with Gasteiger partial charge in [0.1, 0.15) is 0 Å². The molecule has 1 heterocycles. The molecule has 0 saturated heterocycles. The predicted octanol–water partition coefficient (Wildman–Crippen LogP) is 1.87. The van der Waals surface area contributed by atoms with Crippen LogP contribution in [0.2, 0.25) is 0 Å². The molecule has 1 aromatic rings. The highest BCUT2D eigenvalue weighted by atomic mass is 19.4. The van der Waals surface area contributed by atoms with Crippen molar-refractivity contribution in [3.8, 4) is 0 Å². The van der Waals surface area contributed by atoms with E-state index in [1.165, 1.54) is 0 Å². The first-order chi connectivity index (χ1) is 9.99. The van der Waals surface area contributed by atoms with Crippen LogP contribution in [-0.4, -0.2) is 38.9 Å². The fourth-order valence-corrected chi connectivity index (χ4v) is 2.64. The molecule has 120 valence electrons. The number of hydrogen-bond donors (Lipinski definition) is 2. The molecule has 0 aliphatic heterocycles. The number of hydrogen-bond acceptors (Lipinski definition) is 4. The molecule has 0 radical (unpaired) electrons. The van der Waals surface area contributed by atoms with E-state index in [4.69, 9.17) is 5.11 Å². The van der Waals surface area contributed by atoms with Gasteiger partial charge in [-0.3, -0.25) is 4.68 Å². The average molecular weight is 306 g/mol. The number of aliphatic hydroxyl groups excluding tert-OH is 1. The highest BCUT2D eigenvalue weighted by molar-refractivity contribution is 4.93. The lowest BCUT2D eigenvalue weighted by Crippen LogP contribution is -2.36. The molecule has 0 bridgehead atoms. The molecule has 1 fully saturated rings. The van der Waals surface area contributed by atoms with Gasteiger partial charge >= 0.3 is 6.18 Å². The quantitative estimate of drug-likeness (QED) is 0.842. The van der Waals surface area contributed by atoms with E-state index in [0.717, 1.165) is 5.69 Å². The Kier molecular flexibility index (Phi) is 5.58. The second kappa shape index (κ2) is 7.22. The molecule has 1 aromatic heterocycles. The van der Waals surface area contributed by atoms with Crippen LogP contribution in [0.1, 0.15) is 37.8 Å². The number of nitrogens with zero attached hydrogens (tertiary/aromatic N) is 3. The summed E-state index contributed by atoms with van der Waals surface area (Å²) >= 11 is 0. The Labute approximate surface area is 121 Å². The maximum absolute atomic E-state index is 12.6. The third kappa shape index (κ3) is 4.96. The fraction of sp³-hybridized carbons (Fsp3) is 0.846. The van der Waals surface area contributed by atoms with Gasteiger partial charge in [0, 0.05) is 31.9 Å². The molecule has 0 amide bonds. The lowest BCUT2D eigenvalue weighted by Gasteiger charge is -2.30. The molecule has 1 saturated carbocycles. The fourth-order valence-electron chi connectivity index (χ4n) is 2.64. The second-order valence-corrected chi connectivity index (χ2v) is 5.52. The number of nitrogens with one attached hydrogen (secondary N) is 1. The van der Waals surface area contributed by atoms with Crippen LogP contribution in [-0.2, 0) is 13.1 Å². The lowest BCUT2D eigenvalue weighted by molar-refractivity contribution is -0.182. The number of aromatic nitrogens is 3. The Morgan fingerprint density at radius 1 is 1.29 bits per heavy atom. The van der Waals surface area contributed by atoms with Crippen molar-refractivity contribution >= 4 is 0 Å². The van der Waals surface area contributed by atoms with Crippen LogP contribution in [0.15, 0.2) is 6.20 Å². The van der Waals surface area contributed by atoms with Crippen molar-refractivity contribution in [2.75, 3.05) is 6.61 Å². The van der Waals surface area contributed by atoms with E-state index in [0.29, 0.717) is 32.4 Å². The van der Waals surface area contributed by atoms with Crippen molar-refractivity contribution in [3.63, 3.8) is 0 Å². The summed E-state index contributed by atoms with van der Waals surface area (Å²) in [5.41, 5.74) is 0.769. The third-order valence-electron chi connectivity index (χ3n) is 3.89. The zero-order chi connectivity index (χ0) is 15.3. The Morgan fingerprint density at radius 2 is 2.00 bits per heavy atom. The summed E-state index contributed by atoms with van der Waals surface area (Å²) in [6.45, 7) is 1.23. The van der Waals surface area contributed by atoms with E-state index in [2.05, 4.69) is 15.6 Å². The summed E-state index contributed by atoms with van der Waals surface area (Å²) < 4.78 is 39.4. The first-order valence-electron chi connectivity index (χ1n) is 7.29. The molecule has 2 N–H and O–H groups in total. The highest BCUT2D eigenvalue weighted by Crippen LogP contribution is 2.37. The summed E-state index contributed by atoms with van der Waals surface area (Å²) in [4.78, 5) is 0. The van der Waals surface area contributed by atoms with E-state index >= 15 is 0 Å². The van der Waals surface area contributed by atoms with Gasteiger partial charge in [-0.05, 0) is 32.1 Å². The second-order valence-electron chi connectivity index (χ2n) is 5.52. The summed E-state index contributed by atoms with van der Waals surface area (Å²) in [5.74, 6) is -1.14. The van der Waals surface area contributed by atoms with Crippen LogP contribution in [0.3, 0.4) is 0 Å². The molecule has 1 aliphatic carbocycles. The molecule has 0 aromatic carbocycles. The van der Waals surface area contributed by atoms with Crippen LogP contribution < -0.4 is 5.32 Å². The van der Waals surface area contributed by atoms with Crippen molar-refractivity contribution in [1.82, 2.24) is 20.3 Å². The van der Waals surface area contributed by atoms with Crippen LogP contribution in [0, 0.1) is 5.92 Å². The average Bonchev–Trinajstić information content (AvgIpc) is 2.90. The third-order valence-corrected chi connectivity index (χ3v) is 3.89. The Bertz CT molecular complexity index is 427. The predicted molar refractivity (Wildman–Crippen MR) is 70.4 cm³/mol. The van der Waals surface area contributed by atoms with Gasteiger partial charge in [0.05, 0.1) is 11.6 Å². The molecule has 0 spiro atoms. The van der Waals surface area contributed by atoms with Crippen LogP contribution in [0.5, 0.6) is 0 Å². The summed E-state index contributed by atoms with van der Waals surface area (Å²) in [6, 6.07) is 0.117. The van der Waals surface area contributed by atoms with Crippen LogP contribution in [0.25, 0.3) is 0 Å². The topological polar surface area (TPSA) is 63.0 Å². The molecule has 21 heavy (non-hydrogen) atoms. The molecule has 2 rings (SSSR count). The van der Waals surface area contributed by atoms with E-state index in [1.54, 1.807) is 10.9 Å². The standard InChI is InChI=1S/C13H21F3N4O/c14-13(15,16)10-2-4-11(5-3-10)17-8-12-9-20(19-18-12)6-1-7-21/h9-11,17,21H,1-8H2. The summed E-state index contributed by atoms with van der Waals surface area (Å²) in [7, 11) is 0. The number of rotatable bonds is 6. The van der Waals surface area contributed by atoms with Gasteiger partial charge in [0.25, 0.3) is 0 Å². The lowest BCUT2D eigenvalue weighted by atomic mass is 9.85. The van der Waals surface area contributed by atoms with E-state index in [1.807, 2.05) is 0 Å². The van der Waals surface area contributed by atoms with Crippen molar-refractivity contribution < 1.29 is 18.3 Å². The number of aliphatic hydroxyl groups is 1. The Balaban J connectivity index is 1.71. The van der Waals surface area contributed by atoms with Gasteiger partial charge < -0.3 is 10.4 Å². The molecular weight excluding hydrogens is 285 g/mol. The smallest absolute Gasteiger partial charge is 0.391 e. The van der Waals surface area contributed by atoms with Gasteiger partial charge in [-0.25, -0.2) is 0 Å². The van der Waals surface area contributed by atoms with Crippen molar-refractivity contribution in [2.24, 2.45) is 5.92 Å². The molecule has 5 nitrogen and oxygen atoms in total. The van der Waals surface area contributed by atoms with Crippen LogP contribution >= 0.6 is 0 Å². The number of alkyl halides is 3. The monoisotopic (exact) mass is 306 g/mol. The maximum Gasteiger partial charge on any atom is 0.391 e. The molecule has 0 atom stereocenters. The Hall–Kier alpha value is -1.15. The van der Waals surface area contributed by atoms with Gasteiger partial charge in [-0.15, -0.1) is 5.10 Å². The number of halogens is 3. The van der Waals surface area contributed by atoms with Crippen LogP contribution in [0.4, 0.5) is 13.2 Å². The highest BCUT2D eigenvalue weighted by Gasteiger charge is 2.41. The maximum atomic E-state index is 12.6. The van der Waals surface area contributed by atoms with Gasteiger partial charge in [-0.1, -0.05) is 5.21 Å². The largest absolute Gasteiger partial charge is 0.396 e. The normalized spacial score (nSPS) is 23.4. The van der Waals surface area contributed by atoms with Gasteiger partial charge in [0.15, 0.2) is 0 Å². The minimum absolute atomic E-state index is 0.107. The molecular formula is C13H21F3N4O. The molecule has 8 heteroatoms. The minimum Gasteiger partial charge on any atom is -0.396 e. The SMILES string of the molecule is OCCCn1cc(CNC2CCC(C(F)(F)F)CC2)nn1. The van der Waals surface area contributed by atoms with E-state index in [-0.39, 0.29) is 25.5 Å². The van der Waals surface area contributed by atoms with Gasteiger partial charge in [-0.2, -0.15) is 13.2 Å². The zero-order valence-corrected chi connectivity index (χ0v) is 11.8. The summed E-state index contributed by atoms with van der Waals surface area (Å²) in [6.07, 6.45) is -0.150. The first kappa shape index (κ1) is 16.2. The Morgan fingerprint density at radius 3 is 2.62 bits per heavy atom. The number of aryl methyl sites for hydroxylation is 1. The summed E-state index contributed by atoms with van der Waals surface area (Å²) in [5, 5.41) is 19.9. The van der Waals surface area contributed by atoms with Crippen molar-refractivity contribution in [3.05, 3.63) is 11.9 Å². The van der Waals surface area contributed by atoms with E-state index < -0.39 is 12.1 Å². The molecule has 0 unspecified atom stereocenters. The van der Waals surface area contributed by atoms with Crippen molar-refractivity contribution in [2.45, 2.75) is 57.4 Å². The van der Waals surface area contributed by atoms with E-state index in [9.17, 15) is 13.2 Å². The first-order valence-corrected chi connectivity index (χ1v) is 7.29. The van der Waals surface area contributed by atoms with Gasteiger partial charge in [0.2, 0.25) is 0 Å². The zero-order valence-electron chi connectivity index (χ0n) is 11.8. The molecule has 1 aliphatic rings. The minimum atomic E-state index is -4.06. The van der Waals surface area contributed by atoms with Crippen molar-refractivity contribution in [1.29, 1.82) is 0 Å².